The molecule has 1 saturated carbocycles. The van der Waals surface area contributed by atoms with Crippen LogP contribution >= 0.6 is 0 Å². The minimum atomic E-state index is -0.466. The lowest BCUT2D eigenvalue weighted by Crippen LogP contribution is -2.37. The normalized spacial score (nSPS) is 27.0. The molecular weight excluding hydrogens is 309 g/mol. The Hall–Kier alpha value is -1.97. The second-order valence-electron chi connectivity index (χ2n) is 6.64. The van der Waals surface area contributed by atoms with Crippen molar-refractivity contribution in [1.29, 1.82) is 5.26 Å². The number of nitrogens with zero attached hydrogens (tertiary/aromatic N) is 2. The van der Waals surface area contributed by atoms with Gasteiger partial charge in [-0.3, -0.25) is 9.63 Å². The monoisotopic (exact) mass is 331 g/mol. The molecule has 1 heterocycles. The van der Waals surface area contributed by atoms with Gasteiger partial charge in [-0.25, -0.2) is 9.45 Å². The van der Waals surface area contributed by atoms with Crippen LogP contribution in [0.1, 0.15) is 49.3 Å². The standard InChI is InChI=1S/C18H22FN3O2/c19-16-8-13(11-21)7-15(9-16)17-5-6-24-22(17)18(23)14-3-1-12(10-20)2-4-14/h7-9,12,14,17H,1-6,10,20H2/t12-,14-,17-/m0/s1. The van der Waals surface area contributed by atoms with Gasteiger partial charge in [0.05, 0.1) is 24.3 Å². The minimum Gasteiger partial charge on any atom is -0.330 e. The molecule has 5 nitrogen and oxygen atoms in total. The van der Waals surface area contributed by atoms with Gasteiger partial charge in [0.25, 0.3) is 0 Å². The van der Waals surface area contributed by atoms with Gasteiger partial charge in [-0.15, -0.1) is 0 Å². The van der Waals surface area contributed by atoms with Gasteiger partial charge < -0.3 is 5.73 Å². The number of carbonyl (C=O) groups excluding carboxylic acids is 1. The highest BCUT2D eigenvalue weighted by molar-refractivity contribution is 5.78. The number of carbonyl (C=O) groups is 1. The van der Waals surface area contributed by atoms with Gasteiger partial charge in [0, 0.05) is 12.3 Å². The molecule has 0 unspecified atom stereocenters. The molecule has 1 aliphatic heterocycles. The zero-order valence-corrected chi connectivity index (χ0v) is 13.6. The number of benzene rings is 1. The summed E-state index contributed by atoms with van der Waals surface area (Å²) in [5, 5.41) is 10.4. The fourth-order valence-corrected chi connectivity index (χ4v) is 3.68. The Morgan fingerprint density at radius 1 is 1.29 bits per heavy atom. The fraction of sp³-hybridized carbons (Fsp3) is 0.556. The number of nitrogens with two attached hydrogens (primary N) is 1. The van der Waals surface area contributed by atoms with Crippen LogP contribution in [0.3, 0.4) is 0 Å². The number of amides is 1. The molecule has 1 atom stereocenters. The van der Waals surface area contributed by atoms with Crippen molar-refractivity contribution in [3.8, 4) is 6.07 Å². The molecule has 1 aromatic rings. The van der Waals surface area contributed by atoms with Crippen LogP contribution in [-0.2, 0) is 9.63 Å². The molecule has 1 amide bonds. The average Bonchev–Trinajstić information content (AvgIpc) is 3.10. The molecule has 3 rings (SSSR count). The Balaban J connectivity index is 1.75. The third kappa shape index (κ3) is 3.42. The van der Waals surface area contributed by atoms with Crippen LogP contribution in [0.25, 0.3) is 0 Å². The third-order valence-electron chi connectivity index (χ3n) is 5.09. The van der Waals surface area contributed by atoms with Gasteiger partial charge >= 0.3 is 0 Å². The molecule has 2 fully saturated rings. The summed E-state index contributed by atoms with van der Waals surface area (Å²) >= 11 is 0. The summed E-state index contributed by atoms with van der Waals surface area (Å²) in [6.07, 6.45) is 4.17. The molecule has 0 spiro atoms. The number of nitriles is 1. The Kier molecular flexibility index (Phi) is 5.12. The van der Waals surface area contributed by atoms with Gasteiger partial charge in [0.2, 0.25) is 5.91 Å². The minimum absolute atomic E-state index is 0.0317. The molecule has 1 saturated heterocycles. The lowest BCUT2D eigenvalue weighted by atomic mass is 9.81. The predicted molar refractivity (Wildman–Crippen MR) is 85.8 cm³/mol. The Morgan fingerprint density at radius 3 is 2.71 bits per heavy atom. The van der Waals surface area contributed by atoms with E-state index in [2.05, 4.69) is 0 Å². The van der Waals surface area contributed by atoms with Crippen LogP contribution < -0.4 is 5.73 Å². The zero-order chi connectivity index (χ0) is 17.1. The van der Waals surface area contributed by atoms with E-state index in [0.717, 1.165) is 25.7 Å². The maximum absolute atomic E-state index is 13.7. The van der Waals surface area contributed by atoms with E-state index in [9.17, 15) is 9.18 Å². The molecule has 2 N–H and O–H groups in total. The van der Waals surface area contributed by atoms with Crippen LogP contribution in [0.4, 0.5) is 4.39 Å². The van der Waals surface area contributed by atoms with E-state index < -0.39 is 5.82 Å². The lowest BCUT2D eigenvalue weighted by molar-refractivity contribution is -0.183. The summed E-state index contributed by atoms with van der Waals surface area (Å²) in [5.41, 5.74) is 6.58. The quantitative estimate of drug-likeness (QED) is 0.923. The summed E-state index contributed by atoms with van der Waals surface area (Å²) in [6, 6.07) is 5.84. The van der Waals surface area contributed by atoms with Crippen molar-refractivity contribution in [2.24, 2.45) is 17.6 Å². The molecule has 24 heavy (non-hydrogen) atoms. The molecule has 0 radical (unpaired) electrons. The first kappa shape index (κ1) is 16.9. The molecule has 128 valence electrons. The average molecular weight is 331 g/mol. The van der Waals surface area contributed by atoms with E-state index in [4.69, 9.17) is 15.8 Å². The molecule has 1 aromatic carbocycles. The van der Waals surface area contributed by atoms with E-state index in [1.54, 1.807) is 6.07 Å². The highest BCUT2D eigenvalue weighted by Crippen LogP contribution is 2.36. The van der Waals surface area contributed by atoms with Crippen LogP contribution in [0.15, 0.2) is 18.2 Å². The SMILES string of the molecule is N#Cc1cc(F)cc([C@@H]2CCON2C(=O)[C@H]2CC[C@H](CN)CC2)c1. The van der Waals surface area contributed by atoms with Crippen molar-refractivity contribution >= 4 is 5.91 Å². The van der Waals surface area contributed by atoms with Gasteiger partial charge in [-0.05, 0) is 61.9 Å². The summed E-state index contributed by atoms with van der Waals surface area (Å²) in [5.74, 6) is -0.0503. The fourth-order valence-electron chi connectivity index (χ4n) is 3.68. The molecule has 1 aliphatic carbocycles. The van der Waals surface area contributed by atoms with Gasteiger partial charge in [0.1, 0.15) is 5.82 Å². The molecular formula is C18H22FN3O2. The van der Waals surface area contributed by atoms with Crippen molar-refractivity contribution in [1.82, 2.24) is 5.06 Å². The molecule has 2 aliphatic rings. The number of halogens is 1. The number of hydroxylamine groups is 2. The van der Waals surface area contributed by atoms with Gasteiger partial charge in [-0.1, -0.05) is 0 Å². The van der Waals surface area contributed by atoms with E-state index in [1.165, 1.54) is 17.2 Å². The maximum atomic E-state index is 13.7. The first-order chi connectivity index (χ1) is 11.6. The van der Waals surface area contributed by atoms with Crippen LogP contribution in [0, 0.1) is 29.0 Å². The molecule has 6 heteroatoms. The van der Waals surface area contributed by atoms with Crippen molar-refractivity contribution in [2.45, 2.75) is 38.1 Å². The first-order valence-corrected chi connectivity index (χ1v) is 8.49. The number of hydrogen-bond donors (Lipinski definition) is 1. The highest BCUT2D eigenvalue weighted by Gasteiger charge is 2.37. The second kappa shape index (κ2) is 7.29. The number of rotatable bonds is 3. The van der Waals surface area contributed by atoms with E-state index in [0.29, 0.717) is 31.1 Å². The van der Waals surface area contributed by atoms with Crippen LogP contribution in [0.5, 0.6) is 0 Å². The van der Waals surface area contributed by atoms with Crippen molar-refractivity contribution in [3.05, 3.63) is 35.1 Å². The maximum Gasteiger partial charge on any atom is 0.249 e. The van der Waals surface area contributed by atoms with Crippen molar-refractivity contribution < 1.29 is 14.0 Å². The smallest absolute Gasteiger partial charge is 0.249 e. The number of hydrogen-bond acceptors (Lipinski definition) is 4. The van der Waals surface area contributed by atoms with E-state index >= 15 is 0 Å². The summed E-state index contributed by atoms with van der Waals surface area (Å²) in [4.78, 5) is 18.4. The first-order valence-electron chi connectivity index (χ1n) is 8.49. The second-order valence-corrected chi connectivity index (χ2v) is 6.64. The summed E-state index contributed by atoms with van der Waals surface area (Å²) < 4.78 is 13.7. The van der Waals surface area contributed by atoms with Crippen molar-refractivity contribution in [3.63, 3.8) is 0 Å². The molecule has 0 aromatic heterocycles. The van der Waals surface area contributed by atoms with Gasteiger partial charge in [0.15, 0.2) is 0 Å². The van der Waals surface area contributed by atoms with Crippen LogP contribution in [-0.4, -0.2) is 24.1 Å². The van der Waals surface area contributed by atoms with Gasteiger partial charge in [-0.2, -0.15) is 5.26 Å². The Morgan fingerprint density at radius 2 is 2.04 bits per heavy atom. The van der Waals surface area contributed by atoms with Crippen molar-refractivity contribution in [2.75, 3.05) is 13.2 Å². The highest BCUT2D eigenvalue weighted by atomic mass is 19.1. The summed E-state index contributed by atoms with van der Waals surface area (Å²) in [6.45, 7) is 1.09. The Labute approximate surface area is 141 Å². The topological polar surface area (TPSA) is 79.3 Å². The van der Waals surface area contributed by atoms with E-state index in [-0.39, 0.29) is 23.4 Å². The summed E-state index contributed by atoms with van der Waals surface area (Å²) in [7, 11) is 0. The molecule has 0 bridgehead atoms. The Bertz CT molecular complexity index is 650. The van der Waals surface area contributed by atoms with E-state index in [1.807, 2.05) is 6.07 Å². The third-order valence-corrected chi connectivity index (χ3v) is 5.09. The lowest BCUT2D eigenvalue weighted by Gasteiger charge is -2.31. The van der Waals surface area contributed by atoms with Crippen LogP contribution in [0.2, 0.25) is 0 Å². The largest absolute Gasteiger partial charge is 0.330 e. The zero-order valence-electron chi connectivity index (χ0n) is 13.6. The predicted octanol–water partition coefficient (Wildman–Crippen LogP) is 2.67.